The zero-order chi connectivity index (χ0) is 11.4. The largest absolute Gasteiger partial charge is 0.507 e. The number of hydrogen-bond acceptors (Lipinski definition) is 3. The van der Waals surface area contributed by atoms with Crippen LogP contribution in [0.5, 0.6) is 5.75 Å². The Bertz CT molecular complexity index is 319. The predicted molar refractivity (Wildman–Crippen MR) is 68.1 cm³/mol. The van der Waals surface area contributed by atoms with Gasteiger partial charge >= 0.3 is 0 Å². The molecule has 4 N–H and O–H groups in total. The number of aromatic hydroxyl groups is 1. The molecule has 0 radical (unpaired) electrons. The molecule has 0 aliphatic rings. The van der Waals surface area contributed by atoms with Crippen LogP contribution in [-0.4, -0.2) is 16.8 Å². The highest BCUT2D eigenvalue weighted by Gasteiger charge is 2.09. The lowest BCUT2D eigenvalue weighted by Crippen LogP contribution is -2.11. The molecule has 0 unspecified atom stereocenters. The SMILES string of the molecule is Cc1cc([C@@H](N)CCCO)cc(C)c1O.Cl. The number of aryl methyl sites for hydroxylation is 2. The Morgan fingerprint density at radius 3 is 2.19 bits per heavy atom. The van der Waals surface area contributed by atoms with E-state index in [1.165, 1.54) is 0 Å². The van der Waals surface area contributed by atoms with Crippen LogP contribution in [0.25, 0.3) is 0 Å². The molecule has 1 rings (SSSR count). The number of phenolic OH excluding ortho intramolecular Hbond substituents is 1. The summed E-state index contributed by atoms with van der Waals surface area (Å²) in [7, 11) is 0. The third kappa shape index (κ3) is 3.67. The summed E-state index contributed by atoms with van der Waals surface area (Å²) in [6, 6.07) is 3.75. The second kappa shape index (κ2) is 6.74. The van der Waals surface area contributed by atoms with Gasteiger partial charge in [-0.3, -0.25) is 0 Å². The summed E-state index contributed by atoms with van der Waals surface area (Å²) in [5.74, 6) is 0.341. The number of aliphatic hydroxyl groups is 1. The Labute approximate surface area is 103 Å². The second-order valence-electron chi connectivity index (χ2n) is 3.98. The van der Waals surface area contributed by atoms with E-state index in [0.717, 1.165) is 23.1 Å². The van der Waals surface area contributed by atoms with E-state index in [9.17, 15) is 5.11 Å². The van der Waals surface area contributed by atoms with E-state index in [1.54, 1.807) is 0 Å². The molecule has 0 amide bonds. The Morgan fingerprint density at radius 1 is 1.25 bits per heavy atom. The highest BCUT2D eigenvalue weighted by atomic mass is 35.5. The third-order valence-corrected chi connectivity index (χ3v) is 2.61. The van der Waals surface area contributed by atoms with E-state index in [4.69, 9.17) is 10.8 Å². The summed E-state index contributed by atoms with van der Waals surface area (Å²) in [6.45, 7) is 3.90. The molecule has 0 bridgehead atoms. The van der Waals surface area contributed by atoms with E-state index < -0.39 is 0 Å². The average molecular weight is 246 g/mol. The summed E-state index contributed by atoms with van der Waals surface area (Å²) in [4.78, 5) is 0. The number of halogens is 1. The molecule has 0 saturated carbocycles. The summed E-state index contributed by atoms with van der Waals surface area (Å²) >= 11 is 0. The predicted octanol–water partition coefficient (Wildman–Crippen LogP) is 2.20. The summed E-state index contributed by atoms with van der Waals surface area (Å²) in [5.41, 5.74) is 8.70. The molecule has 1 aromatic rings. The maximum atomic E-state index is 9.61. The van der Waals surface area contributed by atoms with E-state index in [-0.39, 0.29) is 25.1 Å². The molecule has 92 valence electrons. The topological polar surface area (TPSA) is 66.5 Å². The fraction of sp³-hybridized carbons (Fsp3) is 0.500. The number of benzene rings is 1. The first-order chi connectivity index (χ1) is 7.06. The minimum absolute atomic E-state index is 0. The van der Waals surface area contributed by atoms with Crippen LogP contribution in [0.4, 0.5) is 0 Å². The van der Waals surface area contributed by atoms with Gasteiger partial charge in [-0.25, -0.2) is 0 Å². The maximum Gasteiger partial charge on any atom is 0.121 e. The number of rotatable bonds is 4. The lowest BCUT2D eigenvalue weighted by Gasteiger charge is -2.14. The maximum absolute atomic E-state index is 9.61. The van der Waals surface area contributed by atoms with Gasteiger partial charge in [-0.05, 0) is 43.4 Å². The van der Waals surface area contributed by atoms with Crippen LogP contribution >= 0.6 is 12.4 Å². The fourth-order valence-corrected chi connectivity index (χ4v) is 1.68. The highest BCUT2D eigenvalue weighted by Crippen LogP contribution is 2.26. The van der Waals surface area contributed by atoms with Crippen molar-refractivity contribution < 1.29 is 10.2 Å². The first kappa shape index (κ1) is 15.2. The standard InChI is InChI=1S/C12H19NO2.ClH/c1-8-6-10(7-9(2)12(8)15)11(13)4-3-5-14;/h6-7,11,14-15H,3-5,13H2,1-2H3;1H/t11-;/m0./s1. The minimum Gasteiger partial charge on any atom is -0.507 e. The number of aliphatic hydroxyl groups excluding tert-OH is 1. The molecule has 0 aliphatic carbocycles. The molecule has 4 heteroatoms. The van der Waals surface area contributed by atoms with Crippen molar-refractivity contribution >= 4 is 12.4 Å². The Morgan fingerprint density at radius 2 is 1.75 bits per heavy atom. The van der Waals surface area contributed by atoms with Gasteiger partial charge in [-0.1, -0.05) is 12.1 Å². The van der Waals surface area contributed by atoms with Gasteiger partial charge in [-0.15, -0.1) is 12.4 Å². The first-order valence-corrected chi connectivity index (χ1v) is 5.22. The van der Waals surface area contributed by atoms with Crippen LogP contribution < -0.4 is 5.73 Å². The zero-order valence-electron chi connectivity index (χ0n) is 9.73. The van der Waals surface area contributed by atoms with E-state index in [2.05, 4.69) is 0 Å². The lowest BCUT2D eigenvalue weighted by molar-refractivity contribution is 0.280. The molecule has 0 aromatic heterocycles. The van der Waals surface area contributed by atoms with Crippen LogP contribution in [-0.2, 0) is 0 Å². The van der Waals surface area contributed by atoms with Crippen molar-refractivity contribution in [3.63, 3.8) is 0 Å². The number of hydrogen-bond donors (Lipinski definition) is 3. The van der Waals surface area contributed by atoms with Crippen LogP contribution in [0, 0.1) is 13.8 Å². The smallest absolute Gasteiger partial charge is 0.121 e. The van der Waals surface area contributed by atoms with Gasteiger partial charge in [0.1, 0.15) is 5.75 Å². The van der Waals surface area contributed by atoms with E-state index in [0.29, 0.717) is 12.2 Å². The molecule has 0 aliphatic heterocycles. The minimum atomic E-state index is -0.0600. The van der Waals surface area contributed by atoms with Crippen molar-refractivity contribution in [2.45, 2.75) is 32.7 Å². The summed E-state index contributed by atoms with van der Waals surface area (Å²) in [6.07, 6.45) is 1.47. The van der Waals surface area contributed by atoms with Gasteiger partial charge in [0, 0.05) is 12.6 Å². The van der Waals surface area contributed by atoms with Crippen LogP contribution in [0.2, 0.25) is 0 Å². The van der Waals surface area contributed by atoms with Crippen LogP contribution in [0.15, 0.2) is 12.1 Å². The van der Waals surface area contributed by atoms with Crippen molar-refractivity contribution in [1.82, 2.24) is 0 Å². The van der Waals surface area contributed by atoms with Crippen LogP contribution in [0.3, 0.4) is 0 Å². The highest BCUT2D eigenvalue weighted by molar-refractivity contribution is 5.85. The van der Waals surface area contributed by atoms with Crippen molar-refractivity contribution in [3.8, 4) is 5.75 Å². The van der Waals surface area contributed by atoms with Crippen molar-refractivity contribution in [1.29, 1.82) is 0 Å². The first-order valence-electron chi connectivity index (χ1n) is 5.22. The van der Waals surface area contributed by atoms with Gasteiger partial charge in [0.25, 0.3) is 0 Å². The normalized spacial score (nSPS) is 12.0. The molecule has 0 fully saturated rings. The Balaban J connectivity index is 0.00000225. The number of nitrogens with two attached hydrogens (primary N) is 1. The van der Waals surface area contributed by atoms with Gasteiger partial charge in [0.2, 0.25) is 0 Å². The Hall–Kier alpha value is -0.770. The molecular weight excluding hydrogens is 226 g/mol. The van der Waals surface area contributed by atoms with E-state index >= 15 is 0 Å². The fourth-order valence-electron chi connectivity index (χ4n) is 1.68. The summed E-state index contributed by atoms with van der Waals surface area (Å²) in [5, 5.41) is 18.3. The third-order valence-electron chi connectivity index (χ3n) is 2.61. The van der Waals surface area contributed by atoms with Crippen LogP contribution in [0.1, 0.15) is 35.6 Å². The van der Waals surface area contributed by atoms with Crippen molar-refractivity contribution in [3.05, 3.63) is 28.8 Å². The van der Waals surface area contributed by atoms with Gasteiger partial charge in [0.15, 0.2) is 0 Å². The molecular formula is C12H20ClNO2. The van der Waals surface area contributed by atoms with Crippen molar-refractivity contribution in [2.24, 2.45) is 5.73 Å². The number of phenols is 1. The zero-order valence-corrected chi connectivity index (χ0v) is 10.5. The monoisotopic (exact) mass is 245 g/mol. The quantitative estimate of drug-likeness (QED) is 0.762. The summed E-state index contributed by atoms with van der Waals surface area (Å²) < 4.78 is 0. The molecule has 1 aromatic carbocycles. The molecule has 0 heterocycles. The average Bonchev–Trinajstić information content (AvgIpc) is 2.21. The molecule has 0 spiro atoms. The molecule has 0 saturated heterocycles. The van der Waals surface area contributed by atoms with Gasteiger partial charge in [0.05, 0.1) is 0 Å². The van der Waals surface area contributed by atoms with Gasteiger partial charge in [-0.2, -0.15) is 0 Å². The van der Waals surface area contributed by atoms with E-state index in [1.807, 2.05) is 26.0 Å². The van der Waals surface area contributed by atoms with Gasteiger partial charge < -0.3 is 15.9 Å². The van der Waals surface area contributed by atoms with Crippen molar-refractivity contribution in [2.75, 3.05) is 6.61 Å². The molecule has 16 heavy (non-hydrogen) atoms. The molecule has 3 nitrogen and oxygen atoms in total. The molecule has 1 atom stereocenters. The lowest BCUT2D eigenvalue weighted by atomic mass is 9.98. The second-order valence-corrected chi connectivity index (χ2v) is 3.98. The Kier molecular flexibility index (Phi) is 6.41.